The van der Waals surface area contributed by atoms with E-state index in [1.807, 2.05) is 20.8 Å². The smallest absolute Gasteiger partial charge is 0.240 e. The highest BCUT2D eigenvalue weighted by molar-refractivity contribution is 5.86. The van der Waals surface area contributed by atoms with Gasteiger partial charge in [-0.2, -0.15) is 0 Å². The van der Waals surface area contributed by atoms with Crippen molar-refractivity contribution >= 4 is 5.91 Å². The average molecular weight is 284 g/mol. The summed E-state index contributed by atoms with van der Waals surface area (Å²) in [6.45, 7) is 18.0. The Morgan fingerprint density at radius 2 is 1.65 bits per heavy atom. The molecule has 3 heteroatoms. The summed E-state index contributed by atoms with van der Waals surface area (Å²) >= 11 is 0. The van der Waals surface area contributed by atoms with Gasteiger partial charge in [-0.15, -0.1) is 0 Å². The van der Waals surface area contributed by atoms with Crippen LogP contribution in [0.5, 0.6) is 0 Å². The van der Waals surface area contributed by atoms with E-state index in [0.29, 0.717) is 17.8 Å². The number of hydrogen-bond donors (Lipinski definition) is 2. The van der Waals surface area contributed by atoms with Gasteiger partial charge in [0.15, 0.2) is 0 Å². The van der Waals surface area contributed by atoms with Gasteiger partial charge in [0.25, 0.3) is 0 Å². The molecule has 0 heterocycles. The molecule has 20 heavy (non-hydrogen) atoms. The molecule has 2 unspecified atom stereocenters. The van der Waals surface area contributed by atoms with Crippen LogP contribution in [0.3, 0.4) is 0 Å². The lowest BCUT2D eigenvalue weighted by Crippen LogP contribution is -2.57. The van der Waals surface area contributed by atoms with Crippen molar-refractivity contribution in [3.63, 3.8) is 0 Å². The van der Waals surface area contributed by atoms with Crippen LogP contribution < -0.4 is 10.6 Å². The lowest BCUT2D eigenvalue weighted by atomic mass is 9.87. The molecule has 0 saturated carbocycles. The summed E-state index contributed by atoms with van der Waals surface area (Å²) in [6, 6.07) is 0.183. The highest BCUT2D eigenvalue weighted by Gasteiger charge is 2.34. The number of rotatable bonds is 9. The van der Waals surface area contributed by atoms with Crippen LogP contribution in [-0.2, 0) is 4.79 Å². The molecule has 2 atom stereocenters. The predicted octanol–water partition coefficient (Wildman–Crippen LogP) is 3.59. The zero-order valence-corrected chi connectivity index (χ0v) is 14.8. The second-order valence-electron chi connectivity index (χ2n) is 7.35. The molecule has 0 radical (unpaired) electrons. The van der Waals surface area contributed by atoms with Gasteiger partial charge in [-0.05, 0) is 51.5 Å². The quantitative estimate of drug-likeness (QED) is 0.679. The van der Waals surface area contributed by atoms with E-state index in [-0.39, 0.29) is 11.9 Å². The summed E-state index contributed by atoms with van der Waals surface area (Å²) in [5.74, 6) is 1.88. The van der Waals surface area contributed by atoms with E-state index in [1.54, 1.807) is 0 Å². The molecule has 0 bridgehead atoms. The van der Waals surface area contributed by atoms with E-state index in [1.165, 1.54) is 0 Å². The molecule has 0 saturated heterocycles. The normalized spacial score (nSPS) is 16.6. The Balaban J connectivity index is 4.81. The van der Waals surface area contributed by atoms with Crippen molar-refractivity contribution in [3.05, 3.63) is 0 Å². The summed E-state index contributed by atoms with van der Waals surface area (Å²) in [6.07, 6.45) is 2.01. The van der Waals surface area contributed by atoms with Gasteiger partial charge in [0, 0.05) is 6.04 Å². The van der Waals surface area contributed by atoms with Gasteiger partial charge in [0.1, 0.15) is 0 Å². The van der Waals surface area contributed by atoms with Crippen molar-refractivity contribution in [1.82, 2.24) is 10.6 Å². The van der Waals surface area contributed by atoms with Crippen LogP contribution in [0.25, 0.3) is 0 Å². The van der Waals surface area contributed by atoms with Gasteiger partial charge < -0.3 is 10.6 Å². The molecular formula is C17H36N2O. The minimum Gasteiger partial charge on any atom is -0.352 e. The zero-order chi connectivity index (χ0) is 15.9. The van der Waals surface area contributed by atoms with E-state index >= 15 is 0 Å². The first-order valence-corrected chi connectivity index (χ1v) is 8.18. The zero-order valence-electron chi connectivity index (χ0n) is 14.8. The molecule has 0 fully saturated rings. The van der Waals surface area contributed by atoms with Crippen LogP contribution in [0, 0.1) is 17.8 Å². The minimum absolute atomic E-state index is 0.125. The van der Waals surface area contributed by atoms with E-state index in [9.17, 15) is 4.79 Å². The van der Waals surface area contributed by atoms with Crippen LogP contribution in [0.1, 0.15) is 68.2 Å². The predicted molar refractivity (Wildman–Crippen MR) is 87.8 cm³/mol. The summed E-state index contributed by atoms with van der Waals surface area (Å²) in [5, 5.41) is 6.61. The Morgan fingerprint density at radius 3 is 2.00 bits per heavy atom. The largest absolute Gasteiger partial charge is 0.352 e. The van der Waals surface area contributed by atoms with Gasteiger partial charge in [-0.3, -0.25) is 4.79 Å². The molecule has 0 aliphatic heterocycles. The Kier molecular flexibility index (Phi) is 8.41. The minimum atomic E-state index is -0.471. The maximum atomic E-state index is 12.5. The van der Waals surface area contributed by atoms with Gasteiger partial charge in [-0.25, -0.2) is 0 Å². The molecule has 0 aromatic heterocycles. The SMILES string of the molecule is CCC(CNC(C)(CC(C)C)C(=O)NC(C)C)C(C)C. The molecule has 120 valence electrons. The first-order chi connectivity index (χ1) is 9.12. The number of carbonyl (C=O) groups excluding carboxylic acids is 1. The Labute approximate surface area is 126 Å². The second kappa shape index (κ2) is 8.66. The number of nitrogens with one attached hydrogen (secondary N) is 2. The molecule has 0 rings (SSSR count). The molecule has 3 nitrogen and oxygen atoms in total. The number of amides is 1. The maximum Gasteiger partial charge on any atom is 0.240 e. The number of carbonyl (C=O) groups is 1. The second-order valence-corrected chi connectivity index (χ2v) is 7.35. The van der Waals surface area contributed by atoms with Crippen molar-refractivity contribution in [1.29, 1.82) is 0 Å². The molecule has 0 aliphatic rings. The lowest BCUT2D eigenvalue weighted by Gasteiger charge is -2.34. The lowest BCUT2D eigenvalue weighted by molar-refractivity contribution is -0.128. The van der Waals surface area contributed by atoms with Crippen LogP contribution in [0.15, 0.2) is 0 Å². The Morgan fingerprint density at radius 1 is 1.10 bits per heavy atom. The monoisotopic (exact) mass is 284 g/mol. The average Bonchev–Trinajstić information content (AvgIpc) is 2.27. The third-order valence-corrected chi connectivity index (χ3v) is 3.96. The molecule has 0 aliphatic carbocycles. The van der Waals surface area contributed by atoms with Gasteiger partial charge in [0.05, 0.1) is 5.54 Å². The topological polar surface area (TPSA) is 41.1 Å². The highest BCUT2D eigenvalue weighted by Crippen LogP contribution is 2.20. The molecule has 0 aromatic rings. The van der Waals surface area contributed by atoms with Crippen molar-refractivity contribution in [2.75, 3.05) is 6.54 Å². The summed E-state index contributed by atoms with van der Waals surface area (Å²) < 4.78 is 0. The van der Waals surface area contributed by atoms with Crippen LogP contribution >= 0.6 is 0 Å². The first kappa shape index (κ1) is 19.4. The summed E-state index contributed by atoms with van der Waals surface area (Å²) in [7, 11) is 0. The Bertz CT molecular complexity index is 287. The van der Waals surface area contributed by atoms with E-state index in [4.69, 9.17) is 0 Å². The third kappa shape index (κ3) is 6.74. The van der Waals surface area contributed by atoms with Crippen LogP contribution in [0.2, 0.25) is 0 Å². The van der Waals surface area contributed by atoms with Crippen LogP contribution in [0.4, 0.5) is 0 Å². The van der Waals surface area contributed by atoms with Gasteiger partial charge in [-0.1, -0.05) is 41.0 Å². The van der Waals surface area contributed by atoms with E-state index in [0.717, 1.165) is 19.4 Å². The first-order valence-electron chi connectivity index (χ1n) is 8.18. The molecule has 0 spiro atoms. The van der Waals surface area contributed by atoms with E-state index < -0.39 is 5.54 Å². The molecular weight excluding hydrogens is 248 g/mol. The van der Waals surface area contributed by atoms with Crippen LogP contribution in [-0.4, -0.2) is 24.0 Å². The standard InChI is InChI=1S/C17H36N2O/c1-9-15(13(4)5)11-18-17(8,10-12(2)3)16(20)19-14(6)7/h12-15,18H,9-11H2,1-8H3,(H,19,20). The molecule has 0 aromatic carbocycles. The third-order valence-electron chi connectivity index (χ3n) is 3.96. The van der Waals surface area contributed by atoms with Crippen molar-refractivity contribution in [2.24, 2.45) is 17.8 Å². The highest BCUT2D eigenvalue weighted by atomic mass is 16.2. The van der Waals surface area contributed by atoms with Crippen molar-refractivity contribution < 1.29 is 4.79 Å². The Hall–Kier alpha value is -0.570. The van der Waals surface area contributed by atoms with Crippen molar-refractivity contribution in [3.8, 4) is 0 Å². The van der Waals surface area contributed by atoms with Gasteiger partial charge in [0.2, 0.25) is 5.91 Å². The fraction of sp³-hybridized carbons (Fsp3) is 0.941. The summed E-state index contributed by atoms with van der Waals surface area (Å²) in [4.78, 5) is 12.5. The van der Waals surface area contributed by atoms with Crippen molar-refractivity contribution in [2.45, 2.75) is 79.8 Å². The molecule has 1 amide bonds. The number of hydrogen-bond acceptors (Lipinski definition) is 2. The summed E-state index contributed by atoms with van der Waals surface area (Å²) in [5.41, 5.74) is -0.471. The molecule has 2 N–H and O–H groups in total. The fourth-order valence-corrected chi connectivity index (χ4v) is 2.69. The van der Waals surface area contributed by atoms with Gasteiger partial charge >= 0.3 is 0 Å². The fourth-order valence-electron chi connectivity index (χ4n) is 2.69. The maximum absolute atomic E-state index is 12.5. The van der Waals surface area contributed by atoms with E-state index in [2.05, 4.69) is 45.3 Å².